The van der Waals surface area contributed by atoms with E-state index in [9.17, 15) is 14.7 Å². The number of hydrogen-bond donors (Lipinski definition) is 2. The van der Waals surface area contributed by atoms with Crippen molar-refractivity contribution in [1.29, 1.82) is 0 Å². The number of aliphatic hydroxyl groups excluding tert-OH is 1. The summed E-state index contributed by atoms with van der Waals surface area (Å²) < 4.78 is 6.15. The van der Waals surface area contributed by atoms with Crippen LogP contribution in [0.5, 0.6) is 5.75 Å². The van der Waals surface area contributed by atoms with Gasteiger partial charge < -0.3 is 29.9 Å². The number of aliphatic hydroxyl groups is 1. The Morgan fingerprint density at radius 2 is 1.72 bits per heavy atom. The number of methoxy groups -OCH3 is 1. The first-order valence-electron chi connectivity index (χ1n) is 20.8. The van der Waals surface area contributed by atoms with Crippen LogP contribution >= 0.6 is 0 Å². The third-order valence-corrected chi connectivity index (χ3v) is 13.7. The van der Waals surface area contributed by atoms with Gasteiger partial charge in [0.2, 0.25) is 5.91 Å². The number of benzene rings is 3. The summed E-state index contributed by atoms with van der Waals surface area (Å²) in [6.07, 6.45) is 2.49. The summed E-state index contributed by atoms with van der Waals surface area (Å²) in [6, 6.07) is 21.8. The number of carbonyl (C=O) groups is 2. The molecule has 4 fully saturated rings. The zero-order chi connectivity index (χ0) is 41.3. The van der Waals surface area contributed by atoms with Gasteiger partial charge in [-0.15, -0.1) is 0 Å². The number of rotatable bonds is 15. The number of amides is 2. The van der Waals surface area contributed by atoms with Crippen LogP contribution in [0.25, 0.3) is 11.1 Å². The van der Waals surface area contributed by atoms with Gasteiger partial charge in [-0.2, -0.15) is 5.06 Å². The number of para-hydroxylation sites is 1. The van der Waals surface area contributed by atoms with Crippen molar-refractivity contribution < 1.29 is 24.3 Å². The molecule has 3 aliphatic carbocycles. The number of nitrogens with one attached hydrogen (secondary N) is 1. The van der Waals surface area contributed by atoms with Gasteiger partial charge in [-0.05, 0) is 85.7 Å². The van der Waals surface area contributed by atoms with Crippen molar-refractivity contribution in [3.63, 3.8) is 0 Å². The van der Waals surface area contributed by atoms with Crippen molar-refractivity contribution >= 4 is 17.5 Å². The summed E-state index contributed by atoms with van der Waals surface area (Å²) in [4.78, 5) is 41.1. The van der Waals surface area contributed by atoms with Crippen molar-refractivity contribution in [2.75, 3.05) is 60.4 Å². The van der Waals surface area contributed by atoms with Crippen LogP contribution in [0.4, 0.5) is 5.69 Å². The van der Waals surface area contributed by atoms with Crippen LogP contribution in [0.1, 0.15) is 68.9 Å². The minimum atomic E-state index is -0.574. The number of carbonyl (C=O) groups excluding carboxylic acids is 2. The van der Waals surface area contributed by atoms with Crippen molar-refractivity contribution in [2.45, 2.75) is 84.7 Å². The van der Waals surface area contributed by atoms with Crippen LogP contribution < -0.4 is 15.0 Å². The number of anilines is 1. The lowest BCUT2D eigenvalue weighted by atomic mass is 9.45. The highest BCUT2D eigenvalue weighted by atomic mass is 16.7. The summed E-state index contributed by atoms with van der Waals surface area (Å²) in [6.45, 7) is 12.1. The minimum absolute atomic E-state index is 0.0235. The average Bonchev–Trinajstić information content (AvgIpc) is 3.56. The first-order chi connectivity index (χ1) is 27.1. The fraction of sp³-hybridized carbons (Fsp3) is 0.574. The number of hydrogen-bond acceptors (Lipinski definition) is 8. The van der Waals surface area contributed by atoms with Crippen LogP contribution in [-0.2, 0) is 22.6 Å². The number of hydroxylamine groups is 2. The fourth-order valence-electron chi connectivity index (χ4n) is 10.3. The lowest BCUT2D eigenvalue weighted by Gasteiger charge is -2.62. The summed E-state index contributed by atoms with van der Waals surface area (Å²) in [5.74, 6) is 2.15. The summed E-state index contributed by atoms with van der Waals surface area (Å²) in [5, 5.41) is 15.7. The van der Waals surface area contributed by atoms with E-state index in [0.29, 0.717) is 41.0 Å². The van der Waals surface area contributed by atoms with Crippen LogP contribution in [0.3, 0.4) is 0 Å². The third kappa shape index (κ3) is 8.61. The number of ether oxygens (including phenoxy) is 1. The van der Waals surface area contributed by atoms with E-state index in [0.717, 1.165) is 41.8 Å². The summed E-state index contributed by atoms with van der Waals surface area (Å²) >= 11 is 0. The molecule has 57 heavy (non-hydrogen) atoms. The Labute approximate surface area is 341 Å². The molecule has 3 aromatic rings. The molecule has 1 saturated heterocycles. The summed E-state index contributed by atoms with van der Waals surface area (Å²) in [7, 11) is 11.6. The van der Waals surface area contributed by atoms with E-state index in [-0.39, 0.29) is 42.3 Å². The monoisotopic (exact) mass is 782 g/mol. The molecule has 0 unspecified atom stereocenters. The van der Waals surface area contributed by atoms with Crippen molar-refractivity contribution in [1.82, 2.24) is 20.2 Å². The zero-order valence-corrected chi connectivity index (χ0v) is 36.2. The molecule has 2 bridgehead atoms. The smallest absolute Gasteiger partial charge is 0.256 e. The first kappa shape index (κ1) is 42.6. The lowest BCUT2D eigenvalue weighted by molar-refractivity contribution is -0.183. The van der Waals surface area contributed by atoms with E-state index < -0.39 is 12.1 Å². The molecule has 1 heterocycles. The van der Waals surface area contributed by atoms with Crippen LogP contribution in [0.2, 0.25) is 0 Å². The molecule has 3 aromatic carbocycles. The normalized spacial score (nSPS) is 25.9. The molecule has 7 rings (SSSR count). The highest BCUT2D eigenvalue weighted by Gasteiger charge is 2.57. The molecule has 310 valence electrons. The highest BCUT2D eigenvalue weighted by Crippen LogP contribution is 2.61. The van der Waals surface area contributed by atoms with E-state index in [4.69, 9.17) is 9.57 Å². The Morgan fingerprint density at radius 3 is 2.32 bits per heavy atom. The van der Waals surface area contributed by atoms with Gasteiger partial charge in [0.1, 0.15) is 17.9 Å². The maximum atomic E-state index is 14.4. The Morgan fingerprint density at radius 1 is 1.00 bits per heavy atom. The SMILES string of the molecule is COc1c(CN2O[C@@H](CO)[C@H](C(C)C)[C@H]2C(=O)N[C@H]2C[C@H]3C[C@@H]([C@@H]2C)C3(C)C)cccc1-c1ccc(C(=O)N(C)[C@@H](Cc2ccccc2)CN(C)C)c(N(C)C)c1. The second-order valence-corrected chi connectivity index (χ2v) is 18.4. The van der Waals surface area contributed by atoms with Crippen molar-refractivity contribution in [2.24, 2.45) is 35.0 Å². The third-order valence-electron chi connectivity index (χ3n) is 13.7. The Hall–Kier alpha value is -3.96. The van der Waals surface area contributed by atoms with Gasteiger partial charge in [0.15, 0.2) is 0 Å². The number of likely N-dealkylation sites (N-methyl/N-ethyl adjacent to an activating group) is 2. The second kappa shape index (κ2) is 17.5. The topological polar surface area (TPSA) is 97.8 Å². The van der Waals surface area contributed by atoms with Gasteiger partial charge in [-0.1, -0.05) is 89.2 Å². The van der Waals surface area contributed by atoms with Crippen LogP contribution in [0, 0.1) is 35.0 Å². The largest absolute Gasteiger partial charge is 0.496 e. The standard InChI is InChI=1S/C47H67N5O5/c1-29(2)42-41(28-53)57-52(43(42)45(54)48-39-25-34-24-38(30(39)3)47(34,4)5)26-33-18-15-19-36(44(33)56-11)32-20-21-37(40(23-32)50(8)9)46(55)51(10)35(27-49(6)7)22-31-16-13-12-14-17-31/h12-21,23,29-30,34-35,38-39,41-43,53H,22,24-28H2,1-11H3,(H,48,54)/t30-,34+,35-,38-,39-,41-,42-,43-/m0/s1. The Bertz CT molecular complexity index is 1860. The molecular formula is C47H67N5O5. The van der Waals surface area contributed by atoms with Gasteiger partial charge >= 0.3 is 0 Å². The molecule has 1 aliphatic heterocycles. The van der Waals surface area contributed by atoms with Gasteiger partial charge in [-0.3, -0.25) is 14.4 Å². The van der Waals surface area contributed by atoms with E-state index >= 15 is 0 Å². The maximum absolute atomic E-state index is 14.4. The highest BCUT2D eigenvalue weighted by molar-refractivity contribution is 6.01. The second-order valence-electron chi connectivity index (χ2n) is 18.4. The van der Waals surface area contributed by atoms with Crippen LogP contribution in [-0.4, -0.2) is 112 Å². The average molecular weight is 782 g/mol. The van der Waals surface area contributed by atoms with Gasteiger partial charge in [0, 0.05) is 62.5 Å². The molecule has 10 nitrogen and oxygen atoms in total. The number of fused-ring (bicyclic) bond motifs is 2. The quantitative estimate of drug-likeness (QED) is 0.178. The van der Waals surface area contributed by atoms with E-state index in [2.05, 4.69) is 63.0 Å². The van der Waals surface area contributed by atoms with Crippen molar-refractivity contribution in [3.05, 3.63) is 83.4 Å². The van der Waals surface area contributed by atoms with E-state index in [1.165, 1.54) is 12.0 Å². The molecule has 10 heteroatoms. The Kier molecular flexibility index (Phi) is 13.1. The molecule has 0 radical (unpaired) electrons. The molecule has 2 N–H and O–H groups in total. The molecule has 0 aromatic heterocycles. The maximum Gasteiger partial charge on any atom is 0.256 e. The Balaban J connectivity index is 1.27. The first-order valence-corrected chi connectivity index (χ1v) is 20.8. The van der Waals surface area contributed by atoms with E-state index in [1.807, 2.05) is 93.6 Å². The zero-order valence-electron chi connectivity index (χ0n) is 36.2. The molecular weight excluding hydrogens is 715 g/mol. The molecule has 8 atom stereocenters. The molecule has 2 amide bonds. The van der Waals surface area contributed by atoms with Crippen LogP contribution in [0.15, 0.2) is 66.7 Å². The minimum Gasteiger partial charge on any atom is -0.496 e. The lowest BCUT2D eigenvalue weighted by Crippen LogP contribution is -2.62. The predicted octanol–water partition coefficient (Wildman–Crippen LogP) is 6.61. The number of nitrogens with zero attached hydrogens (tertiary/aromatic N) is 4. The fourth-order valence-corrected chi connectivity index (χ4v) is 10.3. The summed E-state index contributed by atoms with van der Waals surface area (Å²) in [5.41, 5.74) is 5.59. The van der Waals surface area contributed by atoms with Crippen molar-refractivity contribution in [3.8, 4) is 16.9 Å². The predicted molar refractivity (Wildman–Crippen MR) is 228 cm³/mol. The van der Waals surface area contributed by atoms with Gasteiger partial charge in [-0.25, -0.2) is 0 Å². The molecule has 3 saturated carbocycles. The molecule has 4 aliphatic rings. The van der Waals surface area contributed by atoms with Gasteiger partial charge in [0.25, 0.3) is 5.91 Å². The van der Waals surface area contributed by atoms with E-state index in [1.54, 1.807) is 12.2 Å². The molecule has 0 spiro atoms. The van der Waals surface area contributed by atoms with Gasteiger partial charge in [0.05, 0.1) is 25.8 Å².